The van der Waals surface area contributed by atoms with Gasteiger partial charge in [-0.05, 0) is 25.3 Å². The lowest BCUT2D eigenvalue weighted by Crippen LogP contribution is -2.44. The van der Waals surface area contributed by atoms with Gasteiger partial charge >= 0.3 is 12.3 Å². The Morgan fingerprint density at radius 3 is 2.46 bits per heavy atom. The normalized spacial score (nSPS) is 20.2. The first-order valence-corrected chi connectivity index (χ1v) is 8.65. The van der Waals surface area contributed by atoms with Crippen molar-refractivity contribution in [2.45, 2.75) is 57.9 Å². The summed E-state index contributed by atoms with van der Waals surface area (Å²) in [6.07, 6.45) is -2.68. The molecule has 0 aliphatic carbocycles. The van der Waals surface area contributed by atoms with Crippen LogP contribution >= 0.6 is 0 Å². The Kier molecular flexibility index (Phi) is 6.28. The molecule has 0 aromatic heterocycles. The van der Waals surface area contributed by atoms with Crippen LogP contribution in [0.2, 0.25) is 0 Å². The third-order valence-electron chi connectivity index (χ3n) is 4.24. The molecule has 0 fully saturated rings. The molecule has 2 rings (SSSR count). The van der Waals surface area contributed by atoms with Crippen LogP contribution in [0.5, 0.6) is 0 Å². The van der Waals surface area contributed by atoms with E-state index >= 15 is 0 Å². The van der Waals surface area contributed by atoms with Gasteiger partial charge in [0.2, 0.25) is 0 Å². The molecule has 1 aliphatic heterocycles. The fraction of sp³-hybridized carbons (Fsp3) is 0.556. The van der Waals surface area contributed by atoms with E-state index in [4.69, 9.17) is 4.74 Å². The van der Waals surface area contributed by atoms with Crippen LogP contribution in [0.3, 0.4) is 0 Å². The second kappa shape index (κ2) is 8.07. The topological polar surface area (TPSA) is 62.1 Å². The average molecular weight is 372 g/mol. The van der Waals surface area contributed by atoms with Crippen LogP contribution in [0.1, 0.15) is 50.7 Å². The molecular weight excluding hydrogens is 349 g/mol. The number of unbranched alkanes of at least 4 members (excludes halogenated alkanes) is 2. The zero-order chi connectivity index (χ0) is 19.4. The third-order valence-corrected chi connectivity index (χ3v) is 4.24. The van der Waals surface area contributed by atoms with E-state index in [0.717, 1.165) is 31.2 Å². The van der Waals surface area contributed by atoms with Crippen LogP contribution in [0.4, 0.5) is 18.0 Å². The zero-order valence-electron chi connectivity index (χ0n) is 14.8. The highest BCUT2D eigenvalue weighted by atomic mass is 19.4. The minimum Gasteiger partial charge on any atom is -0.448 e. The molecule has 1 aromatic carbocycles. The average Bonchev–Trinajstić information content (AvgIpc) is 2.95. The van der Waals surface area contributed by atoms with Gasteiger partial charge in [0.15, 0.2) is 5.72 Å². The van der Waals surface area contributed by atoms with Gasteiger partial charge in [-0.15, -0.1) is 0 Å². The molecule has 144 valence electrons. The molecule has 5 nitrogen and oxygen atoms in total. The predicted molar refractivity (Wildman–Crippen MR) is 90.5 cm³/mol. The smallest absolute Gasteiger partial charge is 0.433 e. The van der Waals surface area contributed by atoms with E-state index in [1.54, 1.807) is 12.1 Å². The lowest BCUT2D eigenvalue weighted by Gasteiger charge is -2.30. The van der Waals surface area contributed by atoms with Crippen molar-refractivity contribution in [3.63, 3.8) is 0 Å². The summed E-state index contributed by atoms with van der Waals surface area (Å²) in [5.41, 5.74) is -2.27. The van der Waals surface area contributed by atoms with Crippen LogP contribution in [-0.2, 0) is 16.9 Å². The predicted octanol–water partition coefficient (Wildman–Crippen LogP) is 4.34. The fourth-order valence-corrected chi connectivity index (χ4v) is 2.82. The highest BCUT2D eigenvalue weighted by Gasteiger charge is 2.53. The van der Waals surface area contributed by atoms with Crippen LogP contribution in [-0.4, -0.2) is 34.7 Å². The molecule has 1 aromatic rings. The largest absolute Gasteiger partial charge is 0.448 e. The molecule has 1 amide bonds. The van der Waals surface area contributed by atoms with Gasteiger partial charge in [0, 0.05) is 5.56 Å². The van der Waals surface area contributed by atoms with E-state index in [1.165, 1.54) is 19.1 Å². The minimum atomic E-state index is -4.74. The molecule has 1 heterocycles. The maximum Gasteiger partial charge on any atom is 0.433 e. The summed E-state index contributed by atoms with van der Waals surface area (Å²) in [5.74, 6) is 0. The maximum absolute atomic E-state index is 13.1. The summed E-state index contributed by atoms with van der Waals surface area (Å²) in [6, 6.07) is 6.56. The number of carbonyl (C=O) groups is 1. The number of amides is 1. The number of hydrogen-bond donors (Lipinski definition) is 1. The Balaban J connectivity index is 2.28. The minimum absolute atomic E-state index is 0.0430. The molecule has 26 heavy (non-hydrogen) atoms. The number of alkyl halides is 3. The van der Waals surface area contributed by atoms with Crippen molar-refractivity contribution in [2.24, 2.45) is 5.10 Å². The summed E-state index contributed by atoms with van der Waals surface area (Å²) >= 11 is 0. The maximum atomic E-state index is 13.1. The van der Waals surface area contributed by atoms with Gasteiger partial charge < -0.3 is 9.84 Å². The molecule has 1 atom stereocenters. The molecule has 0 unspecified atom stereocenters. The highest BCUT2D eigenvalue weighted by Crippen LogP contribution is 2.40. The number of aliphatic hydroxyl groups is 1. The van der Waals surface area contributed by atoms with Crippen molar-refractivity contribution in [3.8, 4) is 0 Å². The Hall–Kier alpha value is -2.09. The van der Waals surface area contributed by atoms with Crippen LogP contribution in [0, 0.1) is 0 Å². The third kappa shape index (κ3) is 4.35. The van der Waals surface area contributed by atoms with Crippen LogP contribution in [0.25, 0.3) is 0 Å². The molecule has 0 radical (unpaired) electrons. The van der Waals surface area contributed by atoms with Gasteiger partial charge in [-0.2, -0.15) is 23.3 Å². The Bertz CT molecular complexity index is 659. The van der Waals surface area contributed by atoms with Crippen molar-refractivity contribution in [3.05, 3.63) is 35.4 Å². The zero-order valence-corrected chi connectivity index (χ0v) is 14.8. The number of ether oxygens (including phenoxy) is 1. The fourth-order valence-electron chi connectivity index (χ4n) is 2.82. The van der Waals surface area contributed by atoms with E-state index in [2.05, 4.69) is 12.0 Å². The van der Waals surface area contributed by atoms with Gasteiger partial charge in [-0.3, -0.25) is 0 Å². The number of aryl methyl sites for hydroxylation is 1. The SMILES string of the molecule is CCCCCc1ccc([C@@]2(O)CC(C(F)(F)F)=NN2C(=O)OCC)cc1. The lowest BCUT2D eigenvalue weighted by molar-refractivity contribution is -0.0889. The second-order valence-corrected chi connectivity index (χ2v) is 6.20. The number of rotatable bonds is 6. The molecule has 0 spiro atoms. The summed E-state index contributed by atoms with van der Waals surface area (Å²) in [4.78, 5) is 12.0. The van der Waals surface area contributed by atoms with Gasteiger partial charge in [0.1, 0.15) is 5.71 Å². The van der Waals surface area contributed by atoms with E-state index in [9.17, 15) is 23.1 Å². The molecular formula is C18H23F3N2O3. The van der Waals surface area contributed by atoms with Crippen molar-refractivity contribution in [1.82, 2.24) is 5.01 Å². The van der Waals surface area contributed by atoms with E-state index in [1.807, 2.05) is 0 Å². The molecule has 1 N–H and O–H groups in total. The number of hydrogen-bond acceptors (Lipinski definition) is 4. The Morgan fingerprint density at radius 2 is 1.92 bits per heavy atom. The summed E-state index contributed by atoms with van der Waals surface area (Å²) in [5, 5.41) is 14.5. The van der Waals surface area contributed by atoms with Crippen molar-refractivity contribution >= 4 is 11.8 Å². The molecule has 1 aliphatic rings. The van der Waals surface area contributed by atoms with Crippen molar-refractivity contribution in [1.29, 1.82) is 0 Å². The number of carbonyl (C=O) groups excluding carboxylic acids is 1. The molecule has 0 saturated heterocycles. The first-order chi connectivity index (χ1) is 12.2. The number of halogens is 3. The second-order valence-electron chi connectivity index (χ2n) is 6.20. The Labute approximate surface area is 150 Å². The van der Waals surface area contributed by atoms with Crippen molar-refractivity contribution in [2.75, 3.05) is 6.61 Å². The number of hydrazone groups is 1. The quantitative estimate of drug-likeness (QED) is 0.756. The summed E-state index contributed by atoms with van der Waals surface area (Å²) < 4.78 is 43.9. The van der Waals surface area contributed by atoms with Gasteiger partial charge in [0.05, 0.1) is 13.0 Å². The Morgan fingerprint density at radius 1 is 1.27 bits per heavy atom. The summed E-state index contributed by atoms with van der Waals surface area (Å²) in [6.45, 7) is 3.58. The summed E-state index contributed by atoms with van der Waals surface area (Å²) in [7, 11) is 0. The van der Waals surface area contributed by atoms with Gasteiger partial charge in [-0.25, -0.2) is 4.79 Å². The number of nitrogens with zero attached hydrogens (tertiary/aromatic N) is 2. The monoisotopic (exact) mass is 372 g/mol. The van der Waals surface area contributed by atoms with Crippen LogP contribution < -0.4 is 0 Å². The first-order valence-electron chi connectivity index (χ1n) is 8.65. The lowest BCUT2D eigenvalue weighted by atomic mass is 9.95. The van der Waals surface area contributed by atoms with E-state index < -0.39 is 30.1 Å². The molecule has 0 saturated carbocycles. The highest BCUT2D eigenvalue weighted by molar-refractivity contribution is 5.93. The van der Waals surface area contributed by atoms with Gasteiger partial charge in [-0.1, -0.05) is 44.0 Å². The number of benzene rings is 1. The van der Waals surface area contributed by atoms with Crippen LogP contribution in [0.15, 0.2) is 29.4 Å². The standard InChI is InChI=1S/C18H23F3N2O3/c1-3-5-6-7-13-8-10-14(11-9-13)17(25)12-15(18(19,20)21)22-23(17)16(24)26-4-2/h8-11,25H,3-7,12H2,1-2H3/t17-/m0/s1. The molecule has 8 heteroatoms. The van der Waals surface area contributed by atoms with E-state index in [-0.39, 0.29) is 12.2 Å². The van der Waals surface area contributed by atoms with Gasteiger partial charge in [0.25, 0.3) is 0 Å². The van der Waals surface area contributed by atoms with E-state index in [0.29, 0.717) is 5.01 Å². The van der Waals surface area contributed by atoms with Crippen molar-refractivity contribution < 1.29 is 27.8 Å². The molecule has 0 bridgehead atoms. The first kappa shape index (κ1) is 20.2.